The number of carbonyl (C=O) groups excluding carboxylic acids is 1. The van der Waals surface area contributed by atoms with Gasteiger partial charge in [0.25, 0.3) is 0 Å². The van der Waals surface area contributed by atoms with Gasteiger partial charge in [0, 0.05) is 6.42 Å². The van der Waals surface area contributed by atoms with Gasteiger partial charge in [-0.15, -0.1) is 0 Å². The molecule has 1 atom stereocenters. The molecule has 0 aromatic heterocycles. The molecule has 0 saturated carbocycles. The molecule has 14 heavy (non-hydrogen) atoms. The molecule has 0 radical (unpaired) electrons. The van der Waals surface area contributed by atoms with Gasteiger partial charge in [0.05, 0.1) is 6.61 Å². The Bertz CT molecular complexity index is 189. The third-order valence-corrected chi connectivity index (χ3v) is 2.14. The van der Waals surface area contributed by atoms with Crippen molar-refractivity contribution in [1.29, 1.82) is 0 Å². The Kier molecular flexibility index (Phi) is 3.93. The van der Waals surface area contributed by atoms with Crippen molar-refractivity contribution in [3.8, 4) is 0 Å². The van der Waals surface area contributed by atoms with Gasteiger partial charge in [0.2, 0.25) is 0 Å². The maximum absolute atomic E-state index is 11.2. The first-order chi connectivity index (χ1) is 6.47. The van der Waals surface area contributed by atoms with Crippen LogP contribution in [0.1, 0.15) is 40.0 Å². The summed E-state index contributed by atoms with van der Waals surface area (Å²) < 4.78 is 9.96. The van der Waals surface area contributed by atoms with Gasteiger partial charge >= 0.3 is 5.97 Å². The first kappa shape index (κ1) is 11.5. The monoisotopic (exact) mass is 200 g/mol. The van der Waals surface area contributed by atoms with Crippen LogP contribution in [0, 0.1) is 5.41 Å². The summed E-state index contributed by atoms with van der Waals surface area (Å²) in [5, 5.41) is 0. The lowest BCUT2D eigenvalue weighted by molar-refractivity contribution is -0.144. The van der Waals surface area contributed by atoms with Crippen LogP contribution in [0.15, 0.2) is 0 Å². The lowest BCUT2D eigenvalue weighted by atomic mass is 9.90. The number of epoxide rings is 1. The minimum atomic E-state index is -0.0928. The van der Waals surface area contributed by atoms with Crippen LogP contribution < -0.4 is 0 Å². The fourth-order valence-corrected chi connectivity index (χ4v) is 1.19. The third-order valence-electron chi connectivity index (χ3n) is 2.14. The van der Waals surface area contributed by atoms with Crippen LogP contribution in [0.2, 0.25) is 0 Å². The van der Waals surface area contributed by atoms with E-state index in [1.807, 2.05) is 0 Å². The standard InChI is InChI=1S/C11H20O3/c1-11(2,3)6-4-5-10(12)14-8-9-7-13-9/h9H,4-8H2,1-3H3. The third kappa shape index (κ3) is 5.97. The normalized spacial score (nSPS) is 20.6. The van der Waals surface area contributed by atoms with Gasteiger partial charge in [-0.05, 0) is 18.3 Å². The molecule has 82 valence electrons. The van der Waals surface area contributed by atoms with Crippen LogP contribution in [0.3, 0.4) is 0 Å². The molecule has 0 N–H and O–H groups in total. The lowest BCUT2D eigenvalue weighted by Crippen LogP contribution is -2.11. The largest absolute Gasteiger partial charge is 0.463 e. The smallest absolute Gasteiger partial charge is 0.305 e. The van der Waals surface area contributed by atoms with Crippen molar-refractivity contribution >= 4 is 5.97 Å². The fraction of sp³-hybridized carbons (Fsp3) is 0.909. The highest BCUT2D eigenvalue weighted by atomic mass is 16.6. The molecule has 0 amide bonds. The topological polar surface area (TPSA) is 38.8 Å². The minimum absolute atomic E-state index is 0.0928. The summed E-state index contributed by atoms with van der Waals surface area (Å²) in [6, 6.07) is 0. The minimum Gasteiger partial charge on any atom is -0.463 e. The van der Waals surface area contributed by atoms with Crippen molar-refractivity contribution in [1.82, 2.24) is 0 Å². The molecule has 1 heterocycles. The highest BCUT2D eigenvalue weighted by Crippen LogP contribution is 2.21. The molecule has 1 rings (SSSR count). The molecular weight excluding hydrogens is 180 g/mol. The van der Waals surface area contributed by atoms with E-state index in [1.165, 1.54) is 0 Å². The number of rotatable bonds is 5. The van der Waals surface area contributed by atoms with E-state index in [4.69, 9.17) is 9.47 Å². The van der Waals surface area contributed by atoms with Crippen LogP contribution in [0.4, 0.5) is 0 Å². The van der Waals surface area contributed by atoms with Gasteiger partial charge in [-0.3, -0.25) is 4.79 Å². The van der Waals surface area contributed by atoms with Crippen LogP contribution in [0.5, 0.6) is 0 Å². The SMILES string of the molecule is CC(C)(C)CCCC(=O)OCC1CO1. The van der Waals surface area contributed by atoms with Crippen molar-refractivity contribution in [2.75, 3.05) is 13.2 Å². The Morgan fingerprint density at radius 1 is 1.50 bits per heavy atom. The molecule has 3 heteroatoms. The number of hydrogen-bond donors (Lipinski definition) is 0. The van der Waals surface area contributed by atoms with Crippen LogP contribution in [-0.4, -0.2) is 25.3 Å². The van der Waals surface area contributed by atoms with Crippen LogP contribution >= 0.6 is 0 Å². The van der Waals surface area contributed by atoms with Gasteiger partial charge in [0.15, 0.2) is 0 Å². The number of hydrogen-bond acceptors (Lipinski definition) is 3. The average Bonchev–Trinajstić information content (AvgIpc) is 2.81. The van der Waals surface area contributed by atoms with E-state index in [2.05, 4.69) is 20.8 Å². The second-order valence-electron chi connectivity index (χ2n) is 5.05. The average molecular weight is 200 g/mol. The number of esters is 1. The molecule has 0 aromatic rings. The zero-order valence-electron chi connectivity index (χ0n) is 9.34. The Labute approximate surface area is 85.8 Å². The molecule has 0 bridgehead atoms. The molecule has 1 fully saturated rings. The fourth-order valence-electron chi connectivity index (χ4n) is 1.19. The number of ether oxygens (including phenoxy) is 2. The van der Waals surface area contributed by atoms with E-state index in [0.717, 1.165) is 19.4 Å². The zero-order valence-corrected chi connectivity index (χ0v) is 9.34. The zero-order chi connectivity index (χ0) is 10.6. The first-order valence-electron chi connectivity index (χ1n) is 5.24. The highest BCUT2D eigenvalue weighted by Gasteiger charge is 2.24. The molecule has 1 unspecified atom stereocenters. The summed E-state index contributed by atoms with van der Waals surface area (Å²) in [6.07, 6.45) is 2.68. The highest BCUT2D eigenvalue weighted by molar-refractivity contribution is 5.69. The number of carbonyl (C=O) groups is 1. The summed E-state index contributed by atoms with van der Waals surface area (Å²) in [5.41, 5.74) is 0.305. The second-order valence-corrected chi connectivity index (χ2v) is 5.05. The van der Waals surface area contributed by atoms with Crippen molar-refractivity contribution in [2.45, 2.75) is 46.1 Å². The summed E-state index contributed by atoms with van der Waals surface area (Å²) in [5.74, 6) is -0.0928. The Morgan fingerprint density at radius 3 is 2.64 bits per heavy atom. The van der Waals surface area contributed by atoms with E-state index in [-0.39, 0.29) is 12.1 Å². The summed E-state index contributed by atoms with van der Waals surface area (Å²) >= 11 is 0. The van der Waals surface area contributed by atoms with Crippen molar-refractivity contribution in [2.24, 2.45) is 5.41 Å². The van der Waals surface area contributed by atoms with Crippen molar-refractivity contribution in [3.05, 3.63) is 0 Å². The van der Waals surface area contributed by atoms with E-state index in [0.29, 0.717) is 18.4 Å². The predicted octanol–water partition coefficient (Wildman–Crippen LogP) is 2.14. The molecule has 1 aliphatic heterocycles. The predicted molar refractivity (Wildman–Crippen MR) is 54.0 cm³/mol. The Hall–Kier alpha value is -0.570. The maximum atomic E-state index is 11.2. The van der Waals surface area contributed by atoms with Gasteiger partial charge in [-0.2, -0.15) is 0 Å². The lowest BCUT2D eigenvalue weighted by Gasteiger charge is -2.17. The second kappa shape index (κ2) is 4.78. The van der Waals surface area contributed by atoms with E-state index in [1.54, 1.807) is 0 Å². The van der Waals surface area contributed by atoms with E-state index < -0.39 is 0 Å². The van der Waals surface area contributed by atoms with Gasteiger partial charge in [-0.25, -0.2) is 0 Å². The summed E-state index contributed by atoms with van der Waals surface area (Å²) in [6.45, 7) is 7.72. The van der Waals surface area contributed by atoms with Crippen molar-refractivity contribution < 1.29 is 14.3 Å². The molecule has 3 nitrogen and oxygen atoms in total. The van der Waals surface area contributed by atoms with Crippen LogP contribution in [-0.2, 0) is 14.3 Å². The quantitative estimate of drug-likeness (QED) is 0.504. The van der Waals surface area contributed by atoms with E-state index in [9.17, 15) is 4.79 Å². The van der Waals surface area contributed by atoms with Gasteiger partial charge < -0.3 is 9.47 Å². The van der Waals surface area contributed by atoms with Gasteiger partial charge in [0.1, 0.15) is 12.7 Å². The molecular formula is C11H20O3. The summed E-state index contributed by atoms with van der Waals surface area (Å²) in [7, 11) is 0. The maximum Gasteiger partial charge on any atom is 0.305 e. The molecule has 1 aliphatic rings. The molecule has 1 saturated heterocycles. The first-order valence-corrected chi connectivity index (χ1v) is 5.24. The van der Waals surface area contributed by atoms with Crippen molar-refractivity contribution in [3.63, 3.8) is 0 Å². The molecule has 0 spiro atoms. The van der Waals surface area contributed by atoms with E-state index >= 15 is 0 Å². The Balaban J connectivity index is 1.96. The molecule has 0 aliphatic carbocycles. The van der Waals surface area contributed by atoms with Gasteiger partial charge in [-0.1, -0.05) is 20.8 Å². The Morgan fingerprint density at radius 2 is 2.14 bits per heavy atom. The molecule has 0 aromatic carbocycles. The summed E-state index contributed by atoms with van der Waals surface area (Å²) in [4.78, 5) is 11.2. The van der Waals surface area contributed by atoms with Crippen LogP contribution in [0.25, 0.3) is 0 Å².